The number of nitrogens with one attached hydrogen (secondary N) is 2. The van der Waals surface area contributed by atoms with Crippen molar-refractivity contribution in [1.29, 1.82) is 0 Å². The van der Waals surface area contributed by atoms with Crippen molar-refractivity contribution in [3.05, 3.63) is 137 Å². The number of hydrogen-bond acceptors (Lipinski definition) is 3. The van der Waals surface area contributed by atoms with Gasteiger partial charge in [0.2, 0.25) is 10.0 Å². The summed E-state index contributed by atoms with van der Waals surface area (Å²) < 4.78 is 30.0. The molecule has 0 saturated carbocycles. The molecular weight excluding hydrogens is 464 g/mol. The van der Waals surface area contributed by atoms with E-state index in [1.54, 1.807) is 12.1 Å². The molecule has 2 N–H and O–H groups in total. The number of sulfonamides is 1. The van der Waals surface area contributed by atoms with Crippen molar-refractivity contribution in [3.8, 4) is 0 Å². The molecule has 36 heavy (non-hydrogen) atoms. The van der Waals surface area contributed by atoms with E-state index in [9.17, 15) is 8.42 Å². The second-order valence-corrected chi connectivity index (χ2v) is 11.0. The molecule has 0 aliphatic rings. The van der Waals surface area contributed by atoms with E-state index in [2.05, 4.69) is 41.2 Å². The monoisotopic (exact) mass is 498 g/mol. The Kier molecular flexibility index (Phi) is 8.70. The Bertz CT molecular complexity index is 1320. The minimum Gasteiger partial charge on any atom is -0.308 e. The van der Waals surface area contributed by atoms with E-state index in [1.807, 2.05) is 79.7 Å². The van der Waals surface area contributed by atoms with E-state index >= 15 is 0 Å². The topological polar surface area (TPSA) is 58.2 Å². The molecule has 0 aliphatic heterocycles. The van der Waals surface area contributed by atoms with Gasteiger partial charge in [-0.2, -0.15) is 0 Å². The second kappa shape index (κ2) is 12.1. The highest BCUT2D eigenvalue weighted by molar-refractivity contribution is 7.89. The molecule has 0 fully saturated rings. The van der Waals surface area contributed by atoms with E-state index in [1.165, 1.54) is 11.1 Å². The largest absolute Gasteiger partial charge is 0.308 e. The summed E-state index contributed by atoms with van der Waals surface area (Å²) in [5, 5.41) is 3.67. The molecule has 0 spiro atoms. The smallest absolute Gasteiger partial charge is 0.241 e. The van der Waals surface area contributed by atoms with Crippen LogP contribution in [-0.2, 0) is 16.4 Å². The third kappa shape index (κ3) is 6.91. The van der Waals surface area contributed by atoms with Gasteiger partial charge in [-0.3, -0.25) is 0 Å². The summed E-state index contributed by atoms with van der Waals surface area (Å²) in [6.45, 7) is 4.79. The first-order chi connectivity index (χ1) is 17.4. The van der Waals surface area contributed by atoms with Crippen LogP contribution in [0.3, 0.4) is 0 Å². The van der Waals surface area contributed by atoms with Gasteiger partial charge < -0.3 is 5.32 Å². The average molecular weight is 499 g/mol. The Balaban J connectivity index is 1.60. The third-order valence-corrected chi connectivity index (χ3v) is 7.85. The molecule has 0 heterocycles. The Morgan fingerprint density at radius 2 is 1.14 bits per heavy atom. The maximum absolute atomic E-state index is 13.5. The van der Waals surface area contributed by atoms with Crippen LogP contribution in [0, 0.1) is 13.8 Å². The Morgan fingerprint density at radius 3 is 1.69 bits per heavy atom. The summed E-state index contributed by atoms with van der Waals surface area (Å²) in [7, 11) is -3.75. The van der Waals surface area contributed by atoms with Crippen LogP contribution in [0.25, 0.3) is 0 Å². The molecule has 4 nitrogen and oxygen atoms in total. The summed E-state index contributed by atoms with van der Waals surface area (Å²) in [5.41, 5.74) is 5.53. The van der Waals surface area contributed by atoms with E-state index in [0.717, 1.165) is 36.1 Å². The Hall–Kier alpha value is -3.25. The third-order valence-electron chi connectivity index (χ3n) is 6.39. The Morgan fingerprint density at radius 1 is 0.639 bits per heavy atom. The SMILES string of the molecule is Cc1ccc(CCCNC(c2ccccc2)C(NS(=O)(=O)c2ccc(C)cc2)c2ccccc2)cc1. The fraction of sp³-hybridized carbons (Fsp3) is 0.226. The lowest BCUT2D eigenvalue weighted by Crippen LogP contribution is -2.39. The van der Waals surface area contributed by atoms with Gasteiger partial charge in [-0.25, -0.2) is 13.1 Å². The van der Waals surface area contributed by atoms with Crippen LogP contribution < -0.4 is 10.0 Å². The lowest BCUT2D eigenvalue weighted by Gasteiger charge is -2.30. The summed E-state index contributed by atoms with van der Waals surface area (Å²) in [5.74, 6) is 0. The minimum absolute atomic E-state index is 0.244. The maximum atomic E-state index is 13.5. The molecule has 186 valence electrons. The minimum atomic E-state index is -3.75. The van der Waals surface area contributed by atoms with Crippen molar-refractivity contribution in [2.75, 3.05) is 6.54 Å². The predicted octanol–water partition coefficient (Wildman–Crippen LogP) is 6.29. The van der Waals surface area contributed by atoms with E-state index in [4.69, 9.17) is 0 Å². The van der Waals surface area contributed by atoms with Gasteiger partial charge in [-0.15, -0.1) is 0 Å². The van der Waals surface area contributed by atoms with Crippen LogP contribution in [0.5, 0.6) is 0 Å². The number of rotatable bonds is 11. The van der Waals surface area contributed by atoms with E-state index in [0.29, 0.717) is 0 Å². The lowest BCUT2D eigenvalue weighted by molar-refractivity contribution is 0.420. The first-order valence-electron chi connectivity index (χ1n) is 12.4. The molecule has 5 heteroatoms. The number of hydrogen-bond donors (Lipinski definition) is 2. The van der Waals surface area contributed by atoms with Crippen LogP contribution in [0.15, 0.2) is 114 Å². The zero-order chi connectivity index (χ0) is 25.4. The van der Waals surface area contributed by atoms with Crippen molar-refractivity contribution in [1.82, 2.24) is 10.0 Å². The fourth-order valence-electron chi connectivity index (χ4n) is 4.33. The molecule has 0 radical (unpaired) electrons. The van der Waals surface area contributed by atoms with Gasteiger partial charge in [0, 0.05) is 0 Å². The molecule has 0 saturated heterocycles. The van der Waals surface area contributed by atoms with Crippen LogP contribution >= 0.6 is 0 Å². The van der Waals surface area contributed by atoms with Crippen LogP contribution in [-0.4, -0.2) is 15.0 Å². The highest BCUT2D eigenvalue weighted by Gasteiger charge is 2.29. The van der Waals surface area contributed by atoms with Gasteiger partial charge in [0.15, 0.2) is 0 Å². The lowest BCUT2D eigenvalue weighted by atomic mass is 9.94. The van der Waals surface area contributed by atoms with Gasteiger partial charge in [0.05, 0.1) is 17.0 Å². The molecule has 0 aliphatic carbocycles. The molecule has 4 rings (SSSR count). The van der Waals surface area contributed by atoms with Crippen molar-refractivity contribution >= 4 is 10.0 Å². The van der Waals surface area contributed by atoms with Crippen LogP contribution in [0.1, 0.15) is 46.3 Å². The summed E-state index contributed by atoms with van der Waals surface area (Å²) in [6.07, 6.45) is 1.90. The summed E-state index contributed by atoms with van der Waals surface area (Å²) in [6, 6.07) is 34.7. The van der Waals surface area contributed by atoms with Crippen LogP contribution in [0.2, 0.25) is 0 Å². The summed E-state index contributed by atoms with van der Waals surface area (Å²) >= 11 is 0. The maximum Gasteiger partial charge on any atom is 0.241 e. The number of aryl methyl sites for hydroxylation is 3. The average Bonchev–Trinajstić information content (AvgIpc) is 2.90. The first kappa shape index (κ1) is 25.8. The molecule has 2 unspecified atom stereocenters. The normalized spacial score (nSPS) is 13.3. The first-order valence-corrected chi connectivity index (χ1v) is 13.9. The molecule has 0 aromatic heterocycles. The number of benzene rings is 4. The van der Waals surface area contributed by atoms with Gasteiger partial charge in [0.1, 0.15) is 0 Å². The molecular formula is C31H34N2O2S. The highest BCUT2D eigenvalue weighted by Crippen LogP contribution is 2.31. The fourth-order valence-corrected chi connectivity index (χ4v) is 5.57. The van der Waals surface area contributed by atoms with Crippen molar-refractivity contribution in [3.63, 3.8) is 0 Å². The van der Waals surface area contributed by atoms with Gasteiger partial charge in [-0.05, 0) is 62.1 Å². The zero-order valence-corrected chi connectivity index (χ0v) is 21.7. The molecule has 4 aromatic rings. The molecule has 0 amide bonds. The van der Waals surface area contributed by atoms with Crippen LogP contribution in [0.4, 0.5) is 0 Å². The quantitative estimate of drug-likeness (QED) is 0.239. The molecule has 2 atom stereocenters. The van der Waals surface area contributed by atoms with Crippen molar-refractivity contribution in [2.24, 2.45) is 0 Å². The van der Waals surface area contributed by atoms with Crippen molar-refractivity contribution in [2.45, 2.75) is 43.7 Å². The van der Waals surface area contributed by atoms with Gasteiger partial charge in [0.25, 0.3) is 0 Å². The summed E-state index contributed by atoms with van der Waals surface area (Å²) in [4.78, 5) is 0.264. The Labute approximate surface area is 215 Å². The van der Waals surface area contributed by atoms with Crippen molar-refractivity contribution < 1.29 is 8.42 Å². The standard InChI is InChI=1S/C31H34N2O2S/c1-24-15-19-26(20-16-24)10-9-23-32-30(27-11-5-3-6-12-27)31(28-13-7-4-8-14-28)33-36(34,35)29-21-17-25(2)18-22-29/h3-8,11-22,30-33H,9-10,23H2,1-2H3. The molecule has 0 bridgehead atoms. The van der Waals surface area contributed by atoms with Gasteiger partial charge >= 0.3 is 0 Å². The van der Waals surface area contributed by atoms with E-state index in [-0.39, 0.29) is 10.9 Å². The zero-order valence-electron chi connectivity index (χ0n) is 20.9. The van der Waals surface area contributed by atoms with Gasteiger partial charge in [-0.1, -0.05) is 108 Å². The highest BCUT2D eigenvalue weighted by atomic mass is 32.2. The van der Waals surface area contributed by atoms with E-state index < -0.39 is 16.1 Å². The molecule has 4 aromatic carbocycles. The second-order valence-electron chi connectivity index (χ2n) is 9.25. The predicted molar refractivity (Wildman–Crippen MR) is 147 cm³/mol.